The van der Waals surface area contributed by atoms with Crippen LogP contribution in [0.15, 0.2) is 17.0 Å². The van der Waals surface area contributed by atoms with Gasteiger partial charge in [0.2, 0.25) is 0 Å². The summed E-state index contributed by atoms with van der Waals surface area (Å²) in [6.07, 6.45) is -3.22. The molecule has 18 heavy (non-hydrogen) atoms. The third kappa shape index (κ3) is 2.55. The highest BCUT2D eigenvalue weighted by atomic mass is 35.7. The van der Waals surface area contributed by atoms with E-state index in [2.05, 4.69) is 0 Å². The molecule has 0 bridgehead atoms. The van der Waals surface area contributed by atoms with Crippen LogP contribution in [0.4, 0.5) is 14.5 Å². The largest absolute Gasteiger partial charge is 0.297 e. The van der Waals surface area contributed by atoms with Gasteiger partial charge < -0.3 is 0 Å². The summed E-state index contributed by atoms with van der Waals surface area (Å²) >= 11 is 0. The summed E-state index contributed by atoms with van der Waals surface area (Å²) < 4.78 is 47.2. The molecule has 0 saturated heterocycles. The summed E-state index contributed by atoms with van der Waals surface area (Å²) in [5, 5.41) is 19.4. The van der Waals surface area contributed by atoms with E-state index in [1.165, 1.54) is 6.07 Å². The van der Waals surface area contributed by atoms with E-state index in [9.17, 15) is 27.3 Å². The van der Waals surface area contributed by atoms with Crippen molar-refractivity contribution in [1.29, 1.82) is 5.26 Å². The first-order chi connectivity index (χ1) is 8.20. The molecule has 96 valence electrons. The first-order valence-electron chi connectivity index (χ1n) is 4.14. The summed E-state index contributed by atoms with van der Waals surface area (Å²) in [5.74, 6) is 0. The fourth-order valence-corrected chi connectivity index (χ4v) is 2.28. The molecule has 0 saturated carbocycles. The third-order valence-electron chi connectivity index (χ3n) is 1.96. The second-order valence-electron chi connectivity index (χ2n) is 2.98. The summed E-state index contributed by atoms with van der Waals surface area (Å²) in [5.41, 5.74) is -3.30. The predicted octanol–water partition coefficient (Wildman–Crippen LogP) is 2.33. The van der Waals surface area contributed by atoms with Crippen molar-refractivity contribution in [3.63, 3.8) is 0 Å². The van der Waals surface area contributed by atoms with Gasteiger partial charge in [0, 0.05) is 10.7 Å². The van der Waals surface area contributed by atoms with Crippen molar-refractivity contribution in [3.05, 3.63) is 33.4 Å². The topological polar surface area (TPSA) is 101 Å². The maximum atomic E-state index is 12.5. The number of nitro groups is 1. The highest BCUT2D eigenvalue weighted by molar-refractivity contribution is 8.13. The number of nitriles is 1. The lowest BCUT2D eigenvalue weighted by atomic mass is 10.1. The smallest absolute Gasteiger partial charge is 0.258 e. The van der Waals surface area contributed by atoms with Gasteiger partial charge in [-0.05, 0) is 12.1 Å². The molecule has 0 heterocycles. The van der Waals surface area contributed by atoms with Crippen LogP contribution in [-0.2, 0) is 9.05 Å². The molecule has 0 aliphatic rings. The molecular weight excluding hydrogens is 294 g/mol. The quantitative estimate of drug-likeness (QED) is 0.484. The van der Waals surface area contributed by atoms with Crippen LogP contribution in [0.1, 0.15) is 17.6 Å². The maximum Gasteiger partial charge on any atom is 0.297 e. The average molecular weight is 297 g/mol. The molecule has 1 aromatic rings. The molecular formula is C8H3ClF2N2O4S. The number of alkyl halides is 2. The Balaban J connectivity index is 3.83. The third-order valence-corrected chi connectivity index (χ3v) is 3.33. The molecule has 10 heteroatoms. The van der Waals surface area contributed by atoms with Gasteiger partial charge in [-0.2, -0.15) is 5.26 Å². The van der Waals surface area contributed by atoms with Crippen molar-refractivity contribution in [2.45, 2.75) is 11.3 Å². The number of hydrogen-bond acceptors (Lipinski definition) is 5. The lowest BCUT2D eigenvalue weighted by molar-refractivity contribution is -0.386. The molecule has 0 aromatic heterocycles. The Labute approximate surface area is 104 Å². The van der Waals surface area contributed by atoms with Gasteiger partial charge in [-0.25, -0.2) is 17.2 Å². The normalized spacial score (nSPS) is 11.3. The SMILES string of the molecule is N#Cc1c(S(=O)(=O)Cl)ccc(C(F)F)c1[N+](=O)[O-]. The maximum absolute atomic E-state index is 12.5. The van der Waals surface area contributed by atoms with Gasteiger partial charge in [-0.15, -0.1) is 0 Å². The molecule has 0 spiro atoms. The molecule has 0 aliphatic carbocycles. The summed E-state index contributed by atoms with van der Waals surface area (Å²) in [4.78, 5) is 8.55. The highest BCUT2D eigenvalue weighted by Gasteiger charge is 2.31. The van der Waals surface area contributed by atoms with Crippen molar-refractivity contribution < 1.29 is 22.1 Å². The number of nitro benzene ring substituents is 1. The fraction of sp³-hybridized carbons (Fsp3) is 0.125. The Kier molecular flexibility index (Phi) is 3.83. The van der Waals surface area contributed by atoms with Gasteiger partial charge in [0.25, 0.3) is 21.2 Å². The van der Waals surface area contributed by atoms with Crippen LogP contribution in [0.2, 0.25) is 0 Å². The van der Waals surface area contributed by atoms with E-state index < -0.39 is 42.1 Å². The molecule has 0 N–H and O–H groups in total. The minimum Gasteiger partial charge on any atom is -0.258 e. The number of hydrogen-bond donors (Lipinski definition) is 0. The zero-order chi connectivity index (χ0) is 14.1. The standard InChI is InChI=1S/C8H3ClF2N2O4S/c9-18(16,17)6-2-1-4(8(10)11)7(13(14)15)5(6)3-12/h1-2,8H. The minimum atomic E-state index is -4.44. The van der Waals surface area contributed by atoms with E-state index >= 15 is 0 Å². The zero-order valence-electron chi connectivity index (χ0n) is 8.30. The molecule has 0 fully saturated rings. The minimum absolute atomic E-state index is 0.554. The van der Waals surface area contributed by atoms with Crippen molar-refractivity contribution in [2.75, 3.05) is 0 Å². The Morgan fingerprint density at radius 3 is 2.33 bits per heavy atom. The van der Waals surface area contributed by atoms with Gasteiger partial charge in [0.05, 0.1) is 10.5 Å². The fourth-order valence-electron chi connectivity index (χ4n) is 1.27. The van der Waals surface area contributed by atoms with Crippen LogP contribution in [0.25, 0.3) is 0 Å². The molecule has 1 rings (SSSR count). The van der Waals surface area contributed by atoms with Crippen LogP contribution in [0, 0.1) is 21.4 Å². The Hall–Kier alpha value is -1.79. The highest BCUT2D eigenvalue weighted by Crippen LogP contribution is 2.35. The second-order valence-corrected chi connectivity index (χ2v) is 5.52. The first-order valence-corrected chi connectivity index (χ1v) is 6.45. The van der Waals surface area contributed by atoms with E-state index in [-0.39, 0.29) is 0 Å². The molecule has 1 aromatic carbocycles. The van der Waals surface area contributed by atoms with Crippen LogP contribution in [-0.4, -0.2) is 13.3 Å². The van der Waals surface area contributed by atoms with E-state index in [0.29, 0.717) is 12.1 Å². The number of benzene rings is 1. The zero-order valence-corrected chi connectivity index (χ0v) is 9.87. The molecule has 0 atom stereocenters. The van der Waals surface area contributed by atoms with Gasteiger partial charge in [-0.1, -0.05) is 0 Å². The second kappa shape index (κ2) is 4.83. The van der Waals surface area contributed by atoms with Crippen molar-refractivity contribution in [1.82, 2.24) is 0 Å². The lowest BCUT2D eigenvalue weighted by Gasteiger charge is -2.05. The summed E-state index contributed by atoms with van der Waals surface area (Å²) in [6, 6.07) is 2.40. The van der Waals surface area contributed by atoms with Crippen molar-refractivity contribution in [3.8, 4) is 6.07 Å². The van der Waals surface area contributed by atoms with Crippen LogP contribution < -0.4 is 0 Å². The number of halogens is 3. The molecule has 0 unspecified atom stereocenters. The van der Waals surface area contributed by atoms with Crippen molar-refractivity contribution >= 4 is 25.4 Å². The Morgan fingerprint density at radius 1 is 1.44 bits per heavy atom. The predicted molar refractivity (Wildman–Crippen MR) is 55.8 cm³/mol. The lowest BCUT2D eigenvalue weighted by Crippen LogP contribution is -2.04. The molecule has 0 aliphatic heterocycles. The first kappa shape index (κ1) is 14.3. The van der Waals surface area contributed by atoms with Gasteiger partial charge in [0.15, 0.2) is 0 Å². The summed E-state index contributed by atoms with van der Waals surface area (Å²) in [7, 11) is 0.518. The molecule has 0 amide bonds. The van der Waals surface area contributed by atoms with E-state index in [1.54, 1.807) is 0 Å². The van der Waals surface area contributed by atoms with Gasteiger partial charge in [-0.3, -0.25) is 10.1 Å². The van der Waals surface area contributed by atoms with E-state index in [4.69, 9.17) is 15.9 Å². The number of nitrogens with zero attached hydrogens (tertiary/aromatic N) is 2. The van der Waals surface area contributed by atoms with Crippen LogP contribution in [0.5, 0.6) is 0 Å². The molecule has 0 radical (unpaired) electrons. The van der Waals surface area contributed by atoms with E-state index in [1.807, 2.05) is 0 Å². The summed E-state index contributed by atoms with van der Waals surface area (Å²) in [6.45, 7) is 0. The van der Waals surface area contributed by atoms with E-state index in [0.717, 1.165) is 0 Å². The van der Waals surface area contributed by atoms with Gasteiger partial charge in [0.1, 0.15) is 16.5 Å². The molecule has 6 nitrogen and oxygen atoms in total. The van der Waals surface area contributed by atoms with Crippen molar-refractivity contribution in [2.24, 2.45) is 0 Å². The van der Waals surface area contributed by atoms with Gasteiger partial charge >= 0.3 is 0 Å². The number of rotatable bonds is 3. The average Bonchev–Trinajstić information content (AvgIpc) is 2.25. The monoisotopic (exact) mass is 296 g/mol. The Morgan fingerprint density at radius 2 is 2.00 bits per heavy atom. The van der Waals surface area contributed by atoms with Crippen LogP contribution in [0.3, 0.4) is 0 Å². The Bertz CT molecular complexity index is 654. The van der Waals surface area contributed by atoms with Crippen LogP contribution >= 0.6 is 10.7 Å².